The van der Waals surface area contributed by atoms with E-state index in [4.69, 9.17) is 0 Å². The highest BCUT2D eigenvalue weighted by molar-refractivity contribution is 5.38. The third-order valence-corrected chi connectivity index (χ3v) is 4.29. The van der Waals surface area contributed by atoms with Crippen LogP contribution in [0.25, 0.3) is 0 Å². The van der Waals surface area contributed by atoms with Crippen molar-refractivity contribution in [1.82, 2.24) is 5.32 Å². The maximum absolute atomic E-state index is 10.8. The molecule has 1 aliphatic rings. The summed E-state index contributed by atoms with van der Waals surface area (Å²) in [6, 6.07) is 13.7. The zero-order valence-electron chi connectivity index (χ0n) is 12.3. The zero-order chi connectivity index (χ0) is 14.9. The Morgan fingerprint density at radius 3 is 2.86 bits per heavy atom. The van der Waals surface area contributed by atoms with E-state index in [-0.39, 0.29) is 0 Å². The van der Waals surface area contributed by atoms with Crippen molar-refractivity contribution in [2.45, 2.75) is 31.9 Å². The van der Waals surface area contributed by atoms with Gasteiger partial charge in [0.1, 0.15) is 11.4 Å². The lowest BCUT2D eigenvalue weighted by molar-refractivity contribution is 0.0384. The molecule has 0 aromatic heterocycles. The molecule has 0 heterocycles. The summed E-state index contributed by atoms with van der Waals surface area (Å²) in [6.45, 7) is 3.05. The summed E-state index contributed by atoms with van der Waals surface area (Å²) in [4.78, 5) is 0. The van der Waals surface area contributed by atoms with E-state index in [2.05, 4.69) is 11.4 Å². The van der Waals surface area contributed by atoms with Gasteiger partial charge in [0.2, 0.25) is 0 Å². The highest BCUT2D eigenvalue weighted by Crippen LogP contribution is 2.36. The minimum Gasteiger partial charge on any atom is -0.508 e. The third-order valence-electron chi connectivity index (χ3n) is 4.29. The summed E-state index contributed by atoms with van der Waals surface area (Å²) in [5.41, 5.74) is 3.46. The number of phenols is 1. The van der Waals surface area contributed by atoms with Crippen molar-refractivity contribution < 1.29 is 10.2 Å². The van der Waals surface area contributed by atoms with Crippen molar-refractivity contribution in [3.05, 3.63) is 64.7 Å². The molecule has 2 aromatic rings. The van der Waals surface area contributed by atoms with Crippen LogP contribution in [0.15, 0.2) is 42.5 Å². The molecule has 0 aliphatic heterocycles. The number of hydrogen-bond donors (Lipinski definition) is 3. The minimum atomic E-state index is -0.796. The Bertz CT molecular complexity index is 653. The second-order valence-electron chi connectivity index (χ2n) is 5.92. The quantitative estimate of drug-likeness (QED) is 0.808. The van der Waals surface area contributed by atoms with Crippen molar-refractivity contribution in [3.63, 3.8) is 0 Å². The van der Waals surface area contributed by atoms with Gasteiger partial charge in [0.15, 0.2) is 0 Å². The molecule has 0 amide bonds. The number of aryl methyl sites for hydroxylation is 2. The maximum Gasteiger partial charge on any atom is 0.120 e. The van der Waals surface area contributed by atoms with Crippen molar-refractivity contribution in [1.29, 1.82) is 0 Å². The topological polar surface area (TPSA) is 52.5 Å². The molecule has 1 aliphatic carbocycles. The average Bonchev–Trinajstić information content (AvgIpc) is 2.81. The van der Waals surface area contributed by atoms with E-state index in [1.807, 2.05) is 37.3 Å². The van der Waals surface area contributed by atoms with Crippen LogP contribution in [0.3, 0.4) is 0 Å². The fraction of sp³-hybridized carbons (Fsp3) is 0.333. The van der Waals surface area contributed by atoms with Gasteiger partial charge in [-0.2, -0.15) is 0 Å². The van der Waals surface area contributed by atoms with E-state index in [0.29, 0.717) is 18.8 Å². The summed E-state index contributed by atoms with van der Waals surface area (Å²) < 4.78 is 0. The molecular weight excluding hydrogens is 262 g/mol. The van der Waals surface area contributed by atoms with Crippen molar-refractivity contribution >= 4 is 0 Å². The van der Waals surface area contributed by atoms with Crippen LogP contribution < -0.4 is 5.32 Å². The summed E-state index contributed by atoms with van der Waals surface area (Å²) in [6.07, 6.45) is 1.67. The molecule has 0 spiro atoms. The van der Waals surface area contributed by atoms with Gasteiger partial charge in [0.25, 0.3) is 0 Å². The first-order valence-corrected chi connectivity index (χ1v) is 7.38. The Balaban J connectivity index is 1.67. The van der Waals surface area contributed by atoms with Gasteiger partial charge >= 0.3 is 0 Å². The smallest absolute Gasteiger partial charge is 0.120 e. The van der Waals surface area contributed by atoms with E-state index < -0.39 is 5.60 Å². The molecule has 21 heavy (non-hydrogen) atoms. The first-order valence-electron chi connectivity index (χ1n) is 7.38. The fourth-order valence-corrected chi connectivity index (χ4v) is 3.11. The molecule has 0 fully saturated rings. The fourth-order valence-electron chi connectivity index (χ4n) is 3.11. The third kappa shape index (κ3) is 2.80. The van der Waals surface area contributed by atoms with E-state index in [1.54, 1.807) is 6.07 Å². The van der Waals surface area contributed by atoms with Crippen molar-refractivity contribution in [3.8, 4) is 5.75 Å². The number of aliphatic hydroxyl groups is 1. The van der Waals surface area contributed by atoms with E-state index >= 15 is 0 Å². The summed E-state index contributed by atoms with van der Waals surface area (Å²) in [5, 5.41) is 23.9. The van der Waals surface area contributed by atoms with Crippen molar-refractivity contribution in [2.24, 2.45) is 0 Å². The van der Waals surface area contributed by atoms with E-state index in [9.17, 15) is 10.2 Å². The molecule has 0 saturated carbocycles. The first kappa shape index (κ1) is 14.1. The van der Waals surface area contributed by atoms with E-state index in [1.165, 1.54) is 5.56 Å². The van der Waals surface area contributed by atoms with Gasteiger partial charge in [-0.3, -0.25) is 0 Å². The standard InChI is InChI=1S/C18H21NO2/c1-13-6-7-17(20)15(10-13)11-19-12-18(21)9-8-14-4-2-3-5-16(14)18/h2-7,10,19-21H,8-9,11-12H2,1H3. The summed E-state index contributed by atoms with van der Waals surface area (Å²) >= 11 is 0. The Morgan fingerprint density at radius 2 is 2.00 bits per heavy atom. The van der Waals surface area contributed by atoms with Gasteiger partial charge in [-0.25, -0.2) is 0 Å². The van der Waals surface area contributed by atoms with Crippen LogP contribution in [0, 0.1) is 6.92 Å². The van der Waals surface area contributed by atoms with Crippen molar-refractivity contribution in [2.75, 3.05) is 6.54 Å². The number of benzene rings is 2. The first-order chi connectivity index (χ1) is 10.1. The van der Waals surface area contributed by atoms with Gasteiger partial charge in [0, 0.05) is 18.7 Å². The van der Waals surface area contributed by atoms with Gasteiger partial charge in [0.05, 0.1) is 0 Å². The number of fused-ring (bicyclic) bond motifs is 1. The highest BCUT2D eigenvalue weighted by Gasteiger charge is 2.35. The normalized spacial score (nSPS) is 20.5. The van der Waals surface area contributed by atoms with Crippen LogP contribution >= 0.6 is 0 Å². The van der Waals surface area contributed by atoms with Gasteiger partial charge in [-0.1, -0.05) is 42.0 Å². The lowest BCUT2D eigenvalue weighted by atomic mass is 9.96. The monoisotopic (exact) mass is 283 g/mol. The Hall–Kier alpha value is -1.84. The second-order valence-corrected chi connectivity index (χ2v) is 5.92. The largest absolute Gasteiger partial charge is 0.508 e. The Kier molecular flexibility index (Phi) is 3.70. The molecule has 3 N–H and O–H groups in total. The molecule has 3 nitrogen and oxygen atoms in total. The van der Waals surface area contributed by atoms with Gasteiger partial charge < -0.3 is 15.5 Å². The van der Waals surface area contributed by atoms with Crippen LogP contribution in [-0.4, -0.2) is 16.8 Å². The van der Waals surface area contributed by atoms with Crippen LogP contribution in [0.2, 0.25) is 0 Å². The number of nitrogens with one attached hydrogen (secondary N) is 1. The molecule has 0 saturated heterocycles. The minimum absolute atomic E-state index is 0.298. The molecule has 2 aromatic carbocycles. The molecule has 0 radical (unpaired) electrons. The van der Waals surface area contributed by atoms with Crippen LogP contribution in [0.1, 0.15) is 28.7 Å². The lowest BCUT2D eigenvalue weighted by Crippen LogP contribution is -2.36. The number of phenolic OH excluding ortho intramolecular Hbond substituents is 1. The zero-order valence-corrected chi connectivity index (χ0v) is 12.3. The van der Waals surface area contributed by atoms with E-state index in [0.717, 1.165) is 29.5 Å². The highest BCUT2D eigenvalue weighted by atomic mass is 16.3. The van der Waals surface area contributed by atoms with Gasteiger partial charge in [-0.05, 0) is 37.0 Å². The molecule has 0 bridgehead atoms. The molecule has 1 atom stereocenters. The van der Waals surface area contributed by atoms with Gasteiger partial charge in [-0.15, -0.1) is 0 Å². The summed E-state index contributed by atoms with van der Waals surface area (Å²) in [5.74, 6) is 0.298. The summed E-state index contributed by atoms with van der Waals surface area (Å²) in [7, 11) is 0. The maximum atomic E-state index is 10.8. The SMILES string of the molecule is Cc1ccc(O)c(CNCC2(O)CCc3ccccc32)c1. The van der Waals surface area contributed by atoms with Crippen LogP contribution in [0.4, 0.5) is 0 Å². The lowest BCUT2D eigenvalue weighted by Gasteiger charge is -2.24. The Morgan fingerprint density at radius 1 is 1.19 bits per heavy atom. The second kappa shape index (κ2) is 5.51. The molecular formula is C18H21NO2. The number of hydrogen-bond acceptors (Lipinski definition) is 3. The number of rotatable bonds is 4. The predicted octanol–water partition coefficient (Wildman–Crippen LogP) is 2.62. The molecule has 3 rings (SSSR count). The Labute approximate surface area is 125 Å². The van der Waals surface area contributed by atoms with Crippen LogP contribution in [-0.2, 0) is 18.6 Å². The predicted molar refractivity (Wildman–Crippen MR) is 83.2 cm³/mol. The molecule has 110 valence electrons. The molecule has 1 unspecified atom stereocenters. The average molecular weight is 283 g/mol. The number of aromatic hydroxyl groups is 1. The molecule has 3 heteroatoms. The van der Waals surface area contributed by atoms with Crippen LogP contribution in [0.5, 0.6) is 5.75 Å².